The fourth-order valence-electron chi connectivity index (χ4n) is 4.36. The number of nitro groups is 1. The first-order chi connectivity index (χ1) is 17.2. The number of non-ortho nitro benzene ring substituents is 1. The molecule has 0 amide bonds. The summed E-state index contributed by atoms with van der Waals surface area (Å²) in [4.78, 5) is 10.3. The van der Waals surface area contributed by atoms with Crippen LogP contribution < -0.4 is 0 Å². The van der Waals surface area contributed by atoms with Crippen LogP contribution in [0.4, 0.5) is 17.1 Å². The Morgan fingerprint density at radius 1 is 0.571 bits per heavy atom. The van der Waals surface area contributed by atoms with E-state index in [1.165, 1.54) is 120 Å². The molecule has 0 aliphatic rings. The van der Waals surface area contributed by atoms with Gasteiger partial charge in [0.05, 0.1) is 16.3 Å². The van der Waals surface area contributed by atoms with Crippen LogP contribution in [0.3, 0.4) is 0 Å². The van der Waals surface area contributed by atoms with Crippen molar-refractivity contribution < 1.29 is 4.92 Å². The highest BCUT2D eigenvalue weighted by Crippen LogP contribution is 2.22. The summed E-state index contributed by atoms with van der Waals surface area (Å²) >= 11 is 0. The van der Waals surface area contributed by atoms with E-state index >= 15 is 0 Å². The van der Waals surface area contributed by atoms with Crippen molar-refractivity contribution in [1.29, 1.82) is 0 Å². The van der Waals surface area contributed by atoms with Gasteiger partial charge in [-0.15, -0.1) is 0 Å². The number of azo groups is 1. The third-order valence-electron chi connectivity index (χ3n) is 6.60. The van der Waals surface area contributed by atoms with E-state index < -0.39 is 4.92 Å². The van der Waals surface area contributed by atoms with E-state index in [0.29, 0.717) is 5.69 Å². The molecule has 2 aromatic rings. The molecule has 0 aliphatic carbocycles. The van der Waals surface area contributed by atoms with E-state index in [-0.39, 0.29) is 5.69 Å². The summed E-state index contributed by atoms with van der Waals surface area (Å²) in [5, 5.41) is 19.1. The molecule has 0 fully saturated rings. The lowest BCUT2D eigenvalue weighted by atomic mass is 10.0. The largest absolute Gasteiger partial charge is 0.269 e. The molecule has 5 nitrogen and oxygen atoms in total. The Morgan fingerprint density at radius 3 is 1.34 bits per heavy atom. The lowest BCUT2D eigenvalue weighted by Crippen LogP contribution is -1.86. The molecule has 0 aliphatic heterocycles. The minimum atomic E-state index is -0.418. The zero-order chi connectivity index (χ0) is 25.0. The highest BCUT2D eigenvalue weighted by molar-refractivity contribution is 5.45. The van der Waals surface area contributed by atoms with Gasteiger partial charge in [-0.3, -0.25) is 10.1 Å². The molecule has 192 valence electrons. The highest BCUT2D eigenvalue weighted by Gasteiger charge is 2.03. The molecule has 5 heteroatoms. The van der Waals surface area contributed by atoms with Crippen molar-refractivity contribution in [3.05, 3.63) is 64.2 Å². The third kappa shape index (κ3) is 13.8. The molecule has 35 heavy (non-hydrogen) atoms. The number of aryl methyl sites for hydroxylation is 1. The molecule has 0 N–H and O–H groups in total. The van der Waals surface area contributed by atoms with E-state index in [2.05, 4.69) is 29.3 Å². The summed E-state index contributed by atoms with van der Waals surface area (Å²) in [5.41, 5.74) is 2.79. The Kier molecular flexibility index (Phi) is 15.3. The van der Waals surface area contributed by atoms with Crippen LogP contribution in [-0.4, -0.2) is 4.92 Å². The Bertz CT molecular complexity index is 832. The second-order valence-electron chi connectivity index (χ2n) is 9.69. The number of nitrogens with zero attached hydrogens (tertiary/aromatic N) is 3. The number of hydrogen-bond acceptors (Lipinski definition) is 4. The third-order valence-corrected chi connectivity index (χ3v) is 6.60. The first-order valence-corrected chi connectivity index (χ1v) is 13.9. The lowest BCUT2D eigenvalue weighted by Gasteiger charge is -2.04. The summed E-state index contributed by atoms with van der Waals surface area (Å²) < 4.78 is 0. The molecule has 0 radical (unpaired) electrons. The van der Waals surface area contributed by atoms with Crippen LogP contribution >= 0.6 is 0 Å². The molecular weight excluding hydrogens is 434 g/mol. The van der Waals surface area contributed by atoms with Gasteiger partial charge in [-0.2, -0.15) is 10.2 Å². The molecular formula is C30H45N3O2. The first-order valence-electron chi connectivity index (χ1n) is 13.9. The van der Waals surface area contributed by atoms with E-state index in [0.717, 1.165) is 12.1 Å². The van der Waals surface area contributed by atoms with Crippen molar-refractivity contribution in [2.75, 3.05) is 0 Å². The van der Waals surface area contributed by atoms with Crippen LogP contribution in [0.25, 0.3) is 0 Å². The molecule has 0 spiro atoms. The van der Waals surface area contributed by atoms with Gasteiger partial charge in [-0.05, 0) is 42.7 Å². The van der Waals surface area contributed by atoms with E-state index in [1.54, 1.807) is 12.1 Å². The van der Waals surface area contributed by atoms with Crippen LogP contribution in [0.1, 0.15) is 115 Å². The van der Waals surface area contributed by atoms with E-state index in [4.69, 9.17) is 0 Å². The van der Waals surface area contributed by atoms with Crippen molar-refractivity contribution in [3.63, 3.8) is 0 Å². The zero-order valence-electron chi connectivity index (χ0n) is 21.8. The molecule has 0 saturated carbocycles. The van der Waals surface area contributed by atoms with Gasteiger partial charge in [0, 0.05) is 12.1 Å². The quantitative estimate of drug-likeness (QED) is 0.0820. The second-order valence-corrected chi connectivity index (χ2v) is 9.69. The van der Waals surface area contributed by atoms with Crippen LogP contribution in [0.15, 0.2) is 58.8 Å². The van der Waals surface area contributed by atoms with Crippen LogP contribution in [0, 0.1) is 10.1 Å². The maximum atomic E-state index is 10.7. The molecule has 0 heterocycles. The minimum Gasteiger partial charge on any atom is -0.258 e. The molecule has 0 bridgehead atoms. The van der Waals surface area contributed by atoms with Gasteiger partial charge in [-0.25, -0.2) is 0 Å². The lowest BCUT2D eigenvalue weighted by molar-refractivity contribution is -0.384. The van der Waals surface area contributed by atoms with Crippen LogP contribution in [0.5, 0.6) is 0 Å². The summed E-state index contributed by atoms with van der Waals surface area (Å²) in [6, 6.07) is 14.3. The monoisotopic (exact) mass is 479 g/mol. The molecule has 2 aromatic carbocycles. The fourth-order valence-corrected chi connectivity index (χ4v) is 4.36. The van der Waals surface area contributed by atoms with Gasteiger partial charge in [0.2, 0.25) is 0 Å². The number of benzene rings is 2. The topological polar surface area (TPSA) is 67.9 Å². The molecule has 2 rings (SSSR count). The predicted octanol–water partition coefficient (Wildman–Crippen LogP) is 10.8. The second kappa shape index (κ2) is 18.7. The minimum absolute atomic E-state index is 0.0578. The summed E-state index contributed by atoms with van der Waals surface area (Å²) in [6.07, 6.45) is 23.4. The summed E-state index contributed by atoms with van der Waals surface area (Å²) in [5.74, 6) is 0. The van der Waals surface area contributed by atoms with Gasteiger partial charge in [0.25, 0.3) is 5.69 Å². The smallest absolute Gasteiger partial charge is 0.258 e. The zero-order valence-corrected chi connectivity index (χ0v) is 21.8. The average Bonchev–Trinajstić information content (AvgIpc) is 2.88. The standard InChI is InChI=1S/C30H45N3O2/c1-2-3-4-5-6-7-8-9-10-11-12-13-14-15-16-17-18-27-19-21-28(22-20-27)31-32-29-23-25-30(26-24-29)33(34)35/h19-26H,2-18H2,1H3. The number of nitro benzene ring substituents is 1. The molecule has 0 unspecified atom stereocenters. The Labute approximate surface area is 212 Å². The van der Waals surface area contributed by atoms with E-state index in [9.17, 15) is 10.1 Å². The molecule has 0 atom stereocenters. The van der Waals surface area contributed by atoms with Gasteiger partial charge in [-0.1, -0.05) is 115 Å². The highest BCUT2D eigenvalue weighted by atomic mass is 16.6. The average molecular weight is 480 g/mol. The maximum absolute atomic E-state index is 10.7. The van der Waals surface area contributed by atoms with Gasteiger partial charge < -0.3 is 0 Å². The Morgan fingerprint density at radius 2 is 0.943 bits per heavy atom. The molecule has 0 saturated heterocycles. The van der Waals surface area contributed by atoms with Gasteiger partial charge >= 0.3 is 0 Å². The van der Waals surface area contributed by atoms with E-state index in [1.807, 2.05) is 12.1 Å². The molecule has 0 aromatic heterocycles. The SMILES string of the molecule is CCCCCCCCCCCCCCCCCCc1ccc(N=Nc2ccc([N+](=O)[O-])cc2)cc1. The summed E-state index contributed by atoms with van der Waals surface area (Å²) in [7, 11) is 0. The number of rotatable bonds is 20. The van der Waals surface area contributed by atoms with Crippen LogP contribution in [-0.2, 0) is 6.42 Å². The van der Waals surface area contributed by atoms with Crippen LogP contribution in [0.2, 0.25) is 0 Å². The fraction of sp³-hybridized carbons (Fsp3) is 0.600. The Hall–Kier alpha value is -2.56. The number of unbranched alkanes of at least 4 members (excludes halogenated alkanes) is 15. The van der Waals surface area contributed by atoms with Crippen molar-refractivity contribution in [2.24, 2.45) is 10.2 Å². The van der Waals surface area contributed by atoms with Crippen molar-refractivity contribution in [1.82, 2.24) is 0 Å². The van der Waals surface area contributed by atoms with Crippen molar-refractivity contribution in [3.8, 4) is 0 Å². The van der Waals surface area contributed by atoms with Gasteiger partial charge in [0.15, 0.2) is 0 Å². The maximum Gasteiger partial charge on any atom is 0.269 e. The van der Waals surface area contributed by atoms with Crippen molar-refractivity contribution in [2.45, 2.75) is 116 Å². The van der Waals surface area contributed by atoms with Crippen molar-refractivity contribution >= 4 is 17.1 Å². The first kappa shape index (κ1) is 28.7. The normalized spacial score (nSPS) is 11.3. The Balaban J connectivity index is 1.45. The predicted molar refractivity (Wildman–Crippen MR) is 147 cm³/mol. The number of hydrogen-bond donors (Lipinski definition) is 0. The summed E-state index contributed by atoms with van der Waals surface area (Å²) in [6.45, 7) is 2.28. The van der Waals surface area contributed by atoms with Gasteiger partial charge in [0.1, 0.15) is 0 Å².